The number of nitrogens with zero attached hydrogens (tertiary/aromatic N) is 4. The number of rotatable bonds is 8. The summed E-state index contributed by atoms with van der Waals surface area (Å²) in [6, 6.07) is 8.57. The van der Waals surface area contributed by atoms with E-state index in [0.717, 1.165) is 59.6 Å². The Morgan fingerprint density at radius 2 is 1.32 bits per heavy atom. The molecular weight excluding hydrogens is 588 g/mol. The second-order valence-electron chi connectivity index (χ2n) is 8.35. The van der Waals surface area contributed by atoms with Crippen molar-refractivity contribution < 1.29 is 55.6 Å². The number of aliphatic hydroxyl groups is 1. The molecule has 0 aromatic heterocycles. The van der Waals surface area contributed by atoms with Crippen molar-refractivity contribution in [3.8, 4) is 0 Å². The number of benzene rings is 2. The maximum Gasteiger partial charge on any atom is 0.357 e. The Labute approximate surface area is 230 Å². The van der Waals surface area contributed by atoms with Gasteiger partial charge >= 0.3 is 11.9 Å². The lowest BCUT2D eigenvalue weighted by atomic mass is 10.0. The Morgan fingerprint density at radius 3 is 1.78 bits per heavy atom. The molecular formula is C23H18N4O12S2. The third kappa shape index (κ3) is 5.90. The molecule has 2 aliphatic rings. The first-order valence-corrected chi connectivity index (χ1v) is 14.0. The second-order valence-corrected chi connectivity index (χ2v) is 11.2. The van der Waals surface area contributed by atoms with Crippen LogP contribution < -0.4 is 10.0 Å². The molecule has 1 amide bonds. The molecule has 2 heterocycles. The minimum Gasteiger partial charge on any atom is -0.477 e. The summed E-state index contributed by atoms with van der Waals surface area (Å²) in [4.78, 5) is 35.5. The van der Waals surface area contributed by atoms with Gasteiger partial charge in [0.1, 0.15) is 0 Å². The van der Waals surface area contributed by atoms with Crippen molar-refractivity contribution in [1.82, 2.24) is 0 Å². The lowest BCUT2D eigenvalue weighted by Crippen LogP contribution is -2.33. The lowest BCUT2D eigenvalue weighted by molar-refractivity contribution is -0.130. The van der Waals surface area contributed by atoms with Crippen molar-refractivity contribution in [3.63, 3.8) is 0 Å². The standard InChI is InChI=1S/C23H18N4O12S2/c28-20-16(18(22(30)31)24-26(20)12-4-8-14(9-5-12)40(34,35)36)2-1-3-17-19(23(32)33)25-27(21(17)29)13-6-10-15(11-7-13)41(37,38)39/h1-11,16,20,28H,(H,30,31)(H,32,33)(H,34,35,36)(H,37,38,39). The van der Waals surface area contributed by atoms with E-state index in [0.29, 0.717) is 5.01 Å². The minimum atomic E-state index is -4.52. The molecule has 2 aliphatic heterocycles. The highest BCUT2D eigenvalue weighted by Gasteiger charge is 2.39. The van der Waals surface area contributed by atoms with Crippen molar-refractivity contribution in [2.45, 2.75) is 16.0 Å². The van der Waals surface area contributed by atoms with Crippen LogP contribution in [-0.4, -0.2) is 76.8 Å². The number of hydrogen-bond acceptors (Lipinski definition) is 11. The summed E-state index contributed by atoms with van der Waals surface area (Å²) >= 11 is 0. The van der Waals surface area contributed by atoms with Gasteiger partial charge in [-0.1, -0.05) is 12.2 Å². The molecule has 0 spiro atoms. The van der Waals surface area contributed by atoms with E-state index in [1.807, 2.05) is 0 Å². The first-order chi connectivity index (χ1) is 19.1. The van der Waals surface area contributed by atoms with Gasteiger partial charge in [0, 0.05) is 0 Å². The van der Waals surface area contributed by atoms with Gasteiger partial charge in [0.25, 0.3) is 26.1 Å². The monoisotopic (exact) mass is 606 g/mol. The van der Waals surface area contributed by atoms with Crippen LogP contribution in [0.2, 0.25) is 0 Å². The van der Waals surface area contributed by atoms with Gasteiger partial charge < -0.3 is 15.3 Å². The van der Waals surface area contributed by atoms with Gasteiger partial charge in [-0.25, -0.2) is 14.6 Å². The van der Waals surface area contributed by atoms with Crippen molar-refractivity contribution >= 4 is 60.9 Å². The highest BCUT2D eigenvalue weighted by molar-refractivity contribution is 7.86. The average molecular weight is 607 g/mol. The summed E-state index contributed by atoms with van der Waals surface area (Å²) in [5.74, 6) is -5.31. The SMILES string of the molecule is O=C(O)C1=NN(c2ccc(S(=O)(=O)O)cc2)C(=O)C1=CC=CC1C(C(=O)O)=NN(c2ccc(S(=O)(=O)O)cc2)C1O. The van der Waals surface area contributed by atoms with E-state index in [1.165, 1.54) is 12.1 Å². The van der Waals surface area contributed by atoms with Crippen LogP contribution >= 0.6 is 0 Å². The molecule has 0 saturated carbocycles. The Bertz CT molecular complexity index is 1780. The number of allylic oxidation sites excluding steroid dienone is 2. The number of anilines is 2. The molecule has 4 rings (SSSR count). The number of amides is 1. The predicted octanol–water partition coefficient (Wildman–Crippen LogP) is 0.345. The van der Waals surface area contributed by atoms with Crippen LogP contribution in [0.4, 0.5) is 11.4 Å². The molecule has 2 atom stereocenters. The molecule has 214 valence electrons. The summed E-state index contributed by atoms with van der Waals surface area (Å²) in [6.07, 6.45) is 1.68. The fourth-order valence-corrected chi connectivity index (χ4v) is 4.78. The number of carboxylic acids is 2. The topological polar surface area (TPSA) is 252 Å². The van der Waals surface area contributed by atoms with Crippen LogP contribution in [-0.2, 0) is 34.6 Å². The van der Waals surface area contributed by atoms with Crippen LogP contribution in [0.25, 0.3) is 0 Å². The van der Waals surface area contributed by atoms with Crippen LogP contribution in [0.1, 0.15) is 0 Å². The molecule has 41 heavy (non-hydrogen) atoms. The van der Waals surface area contributed by atoms with E-state index in [4.69, 9.17) is 9.11 Å². The minimum absolute atomic E-state index is 0.0179. The third-order valence-corrected chi connectivity index (χ3v) is 7.50. The van der Waals surface area contributed by atoms with Gasteiger partial charge in [-0.15, -0.1) is 0 Å². The number of carbonyl (C=O) groups is 3. The van der Waals surface area contributed by atoms with Crippen LogP contribution in [0, 0.1) is 5.92 Å². The maximum atomic E-state index is 12.9. The molecule has 18 heteroatoms. The van der Waals surface area contributed by atoms with Crippen molar-refractivity contribution in [1.29, 1.82) is 0 Å². The normalized spacial score (nSPS) is 20.6. The number of carboxylic acid groups (broad SMARTS) is 2. The van der Waals surface area contributed by atoms with Gasteiger partial charge in [0.05, 0.1) is 32.7 Å². The zero-order valence-corrected chi connectivity index (χ0v) is 21.8. The third-order valence-electron chi connectivity index (χ3n) is 5.76. The van der Waals surface area contributed by atoms with Gasteiger partial charge in [-0.2, -0.15) is 32.0 Å². The largest absolute Gasteiger partial charge is 0.477 e. The molecule has 2 aromatic carbocycles. The van der Waals surface area contributed by atoms with Gasteiger partial charge in [0.2, 0.25) is 0 Å². The molecule has 2 unspecified atom stereocenters. The smallest absolute Gasteiger partial charge is 0.357 e. The number of aliphatic hydroxyl groups excluding tert-OH is 1. The molecule has 0 bridgehead atoms. The van der Waals surface area contributed by atoms with Crippen molar-refractivity contribution in [2.75, 3.05) is 10.0 Å². The summed E-state index contributed by atoms with van der Waals surface area (Å²) in [5, 5.41) is 39.0. The first-order valence-electron chi connectivity index (χ1n) is 11.1. The van der Waals surface area contributed by atoms with Crippen LogP contribution in [0.3, 0.4) is 0 Å². The zero-order valence-electron chi connectivity index (χ0n) is 20.2. The van der Waals surface area contributed by atoms with E-state index in [1.54, 1.807) is 0 Å². The van der Waals surface area contributed by atoms with E-state index >= 15 is 0 Å². The molecule has 2 aromatic rings. The van der Waals surface area contributed by atoms with Gasteiger partial charge in [-0.3, -0.25) is 13.9 Å². The van der Waals surface area contributed by atoms with E-state index < -0.39 is 77.0 Å². The summed E-state index contributed by atoms with van der Waals surface area (Å²) < 4.78 is 63.2. The molecule has 5 N–H and O–H groups in total. The Kier molecular flexibility index (Phi) is 7.61. The molecule has 0 aliphatic carbocycles. The number of hydrogen-bond donors (Lipinski definition) is 5. The Morgan fingerprint density at radius 1 is 0.805 bits per heavy atom. The number of carbonyl (C=O) groups excluding carboxylic acids is 1. The molecule has 16 nitrogen and oxygen atoms in total. The molecule has 0 fully saturated rings. The second kappa shape index (κ2) is 10.7. The molecule has 0 radical (unpaired) electrons. The number of aliphatic carboxylic acids is 2. The van der Waals surface area contributed by atoms with Crippen LogP contribution in [0.15, 0.2) is 92.3 Å². The van der Waals surface area contributed by atoms with Crippen LogP contribution in [0.5, 0.6) is 0 Å². The average Bonchev–Trinajstić information content (AvgIpc) is 3.40. The van der Waals surface area contributed by atoms with Crippen molar-refractivity contribution in [3.05, 3.63) is 72.3 Å². The zero-order chi connectivity index (χ0) is 30.3. The van der Waals surface area contributed by atoms with E-state index in [-0.39, 0.29) is 11.4 Å². The van der Waals surface area contributed by atoms with E-state index in [2.05, 4.69) is 10.2 Å². The predicted molar refractivity (Wildman–Crippen MR) is 139 cm³/mol. The molecule has 0 saturated heterocycles. The highest BCUT2D eigenvalue weighted by atomic mass is 32.2. The van der Waals surface area contributed by atoms with Crippen molar-refractivity contribution in [2.24, 2.45) is 16.1 Å². The number of hydrazone groups is 2. The fourth-order valence-electron chi connectivity index (χ4n) is 3.82. The quantitative estimate of drug-likeness (QED) is 0.201. The Balaban J connectivity index is 1.60. The van der Waals surface area contributed by atoms with Gasteiger partial charge in [-0.05, 0) is 54.6 Å². The Hall–Kier alpha value is -4.75. The summed E-state index contributed by atoms with van der Waals surface area (Å²) in [7, 11) is -9.02. The fraction of sp³-hybridized carbons (Fsp3) is 0.0870. The summed E-state index contributed by atoms with van der Waals surface area (Å²) in [6.45, 7) is 0. The summed E-state index contributed by atoms with van der Waals surface area (Å²) in [5.41, 5.74) is -1.57. The lowest BCUT2D eigenvalue weighted by Gasteiger charge is -2.21. The van der Waals surface area contributed by atoms with E-state index in [9.17, 15) is 46.5 Å². The maximum absolute atomic E-state index is 12.9. The highest BCUT2D eigenvalue weighted by Crippen LogP contribution is 2.30. The first kappa shape index (κ1) is 29.2. The van der Waals surface area contributed by atoms with Gasteiger partial charge in [0.15, 0.2) is 17.7 Å².